The van der Waals surface area contributed by atoms with E-state index in [-0.39, 0.29) is 25.9 Å². The Bertz CT molecular complexity index is 171. The lowest BCUT2D eigenvalue weighted by molar-refractivity contribution is -0.185. The van der Waals surface area contributed by atoms with Crippen LogP contribution in [0.3, 0.4) is 0 Å². The van der Waals surface area contributed by atoms with E-state index in [1.807, 2.05) is 0 Å². The zero-order valence-electron chi connectivity index (χ0n) is 7.53. The van der Waals surface area contributed by atoms with Crippen LogP contribution in [-0.4, -0.2) is 37.1 Å². The second kappa shape index (κ2) is 4.42. The summed E-state index contributed by atoms with van der Waals surface area (Å²) in [5, 5.41) is 0. The lowest BCUT2D eigenvalue weighted by Gasteiger charge is -2.32. The molecule has 0 aliphatic carbocycles. The van der Waals surface area contributed by atoms with Gasteiger partial charge in [-0.05, 0) is 25.9 Å². The molecule has 0 aromatic heterocycles. The summed E-state index contributed by atoms with van der Waals surface area (Å²) in [6, 6.07) is 0. The molecule has 1 rings (SSSR count). The summed E-state index contributed by atoms with van der Waals surface area (Å²) in [6.07, 6.45) is -6.75. The van der Waals surface area contributed by atoms with Crippen molar-refractivity contribution in [2.24, 2.45) is 5.92 Å². The van der Waals surface area contributed by atoms with Crippen LogP contribution in [0.1, 0.15) is 12.8 Å². The zero-order chi connectivity index (χ0) is 10.8. The van der Waals surface area contributed by atoms with Gasteiger partial charge in [0, 0.05) is 0 Å². The van der Waals surface area contributed by atoms with Crippen LogP contribution >= 0.6 is 0 Å². The molecule has 0 aromatic carbocycles. The fourth-order valence-electron chi connectivity index (χ4n) is 1.64. The molecule has 0 unspecified atom stereocenters. The molecule has 0 aromatic rings. The van der Waals surface area contributed by atoms with Gasteiger partial charge in [0.2, 0.25) is 0 Å². The maximum Gasteiger partial charge on any atom is 0.391 e. The molecule has 1 saturated heterocycles. The minimum Gasteiger partial charge on any atom is -0.298 e. The average Bonchev–Trinajstić information content (AvgIpc) is 2.02. The van der Waals surface area contributed by atoms with Crippen molar-refractivity contribution in [1.29, 1.82) is 0 Å². The van der Waals surface area contributed by atoms with Crippen LogP contribution in [0.4, 0.5) is 22.0 Å². The number of rotatable bonds is 2. The van der Waals surface area contributed by atoms with Gasteiger partial charge in [-0.1, -0.05) is 0 Å². The molecule has 84 valence electrons. The number of hydrogen-bond donors (Lipinski definition) is 0. The monoisotopic (exact) mass is 217 g/mol. The van der Waals surface area contributed by atoms with Crippen molar-refractivity contribution in [3.05, 3.63) is 0 Å². The molecule has 14 heavy (non-hydrogen) atoms. The predicted octanol–water partition coefficient (Wildman–Crippen LogP) is 2.53. The Morgan fingerprint density at radius 1 is 1.14 bits per heavy atom. The summed E-state index contributed by atoms with van der Waals surface area (Å²) in [5.41, 5.74) is 0. The van der Waals surface area contributed by atoms with Crippen molar-refractivity contribution >= 4 is 0 Å². The first-order valence-electron chi connectivity index (χ1n) is 4.47. The van der Waals surface area contributed by atoms with Gasteiger partial charge < -0.3 is 0 Å². The molecule has 1 aliphatic heterocycles. The lowest BCUT2D eigenvalue weighted by atomic mass is 9.96. The number of alkyl halides is 5. The number of likely N-dealkylation sites (tertiary alicyclic amines) is 1. The molecular weight excluding hydrogens is 205 g/mol. The van der Waals surface area contributed by atoms with Crippen molar-refractivity contribution in [2.45, 2.75) is 25.4 Å². The first-order chi connectivity index (χ1) is 6.39. The normalized spacial score (nSPS) is 21.9. The average molecular weight is 217 g/mol. The van der Waals surface area contributed by atoms with Gasteiger partial charge >= 0.3 is 6.18 Å². The number of nitrogens with zero attached hydrogens (tertiary/aromatic N) is 1. The second-order valence-electron chi connectivity index (χ2n) is 3.51. The Morgan fingerprint density at radius 2 is 1.64 bits per heavy atom. The highest BCUT2D eigenvalue weighted by Crippen LogP contribution is 2.34. The Balaban J connectivity index is 2.31. The van der Waals surface area contributed by atoms with E-state index >= 15 is 0 Å². The molecule has 1 fully saturated rings. The van der Waals surface area contributed by atoms with E-state index in [4.69, 9.17) is 0 Å². The summed E-state index contributed by atoms with van der Waals surface area (Å²) >= 11 is 0. The SMILES string of the molecule is FC(F)CN1CCC(C(F)(F)F)CC1. The van der Waals surface area contributed by atoms with Crippen LogP contribution in [0, 0.1) is 5.92 Å². The number of halogens is 5. The standard InChI is InChI=1S/C8H12F5N/c9-7(10)5-14-3-1-6(2-4-14)8(11,12)13/h6-7H,1-5H2. The Labute approximate surface area is 78.9 Å². The van der Waals surface area contributed by atoms with Gasteiger partial charge in [-0.3, -0.25) is 4.90 Å². The third-order valence-electron chi connectivity index (χ3n) is 2.45. The Kier molecular flexibility index (Phi) is 3.69. The molecule has 1 nitrogen and oxygen atoms in total. The molecule has 0 atom stereocenters. The molecular formula is C8H12F5N. The summed E-state index contributed by atoms with van der Waals surface area (Å²) in [5.74, 6) is -1.31. The molecule has 0 bridgehead atoms. The molecule has 0 amide bonds. The van der Waals surface area contributed by atoms with E-state index in [0.717, 1.165) is 0 Å². The predicted molar refractivity (Wildman–Crippen MR) is 41.2 cm³/mol. The Morgan fingerprint density at radius 3 is 2.00 bits per heavy atom. The molecule has 0 N–H and O–H groups in total. The molecule has 1 aliphatic rings. The molecule has 0 radical (unpaired) electrons. The first kappa shape index (κ1) is 11.7. The first-order valence-corrected chi connectivity index (χ1v) is 4.47. The minimum absolute atomic E-state index is 0.0593. The second-order valence-corrected chi connectivity index (χ2v) is 3.51. The topological polar surface area (TPSA) is 3.24 Å². The molecule has 0 spiro atoms. The Hall–Kier alpha value is -0.390. The van der Waals surface area contributed by atoms with Crippen LogP contribution in [0.25, 0.3) is 0 Å². The summed E-state index contributed by atoms with van der Waals surface area (Å²) in [6.45, 7) is -0.173. The van der Waals surface area contributed by atoms with Crippen molar-refractivity contribution in [3.63, 3.8) is 0 Å². The van der Waals surface area contributed by atoms with Gasteiger partial charge in [0.15, 0.2) is 0 Å². The summed E-state index contributed by atoms with van der Waals surface area (Å²) in [7, 11) is 0. The molecule has 1 heterocycles. The quantitative estimate of drug-likeness (QED) is 0.642. The van der Waals surface area contributed by atoms with Crippen LogP contribution in [0.15, 0.2) is 0 Å². The largest absolute Gasteiger partial charge is 0.391 e. The van der Waals surface area contributed by atoms with Gasteiger partial charge in [-0.25, -0.2) is 8.78 Å². The highest BCUT2D eigenvalue weighted by molar-refractivity contribution is 4.77. The number of hydrogen-bond acceptors (Lipinski definition) is 1. The number of piperidine rings is 1. The summed E-state index contributed by atoms with van der Waals surface area (Å²) in [4.78, 5) is 1.38. The van der Waals surface area contributed by atoms with E-state index in [0.29, 0.717) is 0 Å². The van der Waals surface area contributed by atoms with E-state index in [1.54, 1.807) is 0 Å². The molecule has 0 saturated carbocycles. The fraction of sp³-hybridized carbons (Fsp3) is 1.00. The third kappa shape index (κ3) is 3.40. The van der Waals surface area contributed by atoms with E-state index in [2.05, 4.69) is 0 Å². The maximum atomic E-state index is 12.2. The van der Waals surface area contributed by atoms with Crippen molar-refractivity contribution < 1.29 is 22.0 Å². The molecule has 6 heteroatoms. The summed E-state index contributed by atoms with van der Waals surface area (Å²) < 4.78 is 60.3. The zero-order valence-corrected chi connectivity index (χ0v) is 7.53. The van der Waals surface area contributed by atoms with Crippen LogP contribution in [0.5, 0.6) is 0 Å². The minimum atomic E-state index is -4.17. The van der Waals surface area contributed by atoms with Gasteiger partial charge in [-0.2, -0.15) is 13.2 Å². The van der Waals surface area contributed by atoms with Gasteiger partial charge in [0.05, 0.1) is 12.5 Å². The van der Waals surface area contributed by atoms with Crippen LogP contribution < -0.4 is 0 Å². The van der Waals surface area contributed by atoms with E-state index in [1.165, 1.54) is 4.90 Å². The van der Waals surface area contributed by atoms with E-state index < -0.39 is 25.1 Å². The van der Waals surface area contributed by atoms with Crippen LogP contribution in [0.2, 0.25) is 0 Å². The highest BCUT2D eigenvalue weighted by atomic mass is 19.4. The maximum absolute atomic E-state index is 12.2. The van der Waals surface area contributed by atoms with Crippen molar-refractivity contribution in [1.82, 2.24) is 4.90 Å². The third-order valence-corrected chi connectivity index (χ3v) is 2.45. The van der Waals surface area contributed by atoms with Crippen LogP contribution in [-0.2, 0) is 0 Å². The lowest BCUT2D eigenvalue weighted by Crippen LogP contribution is -2.40. The van der Waals surface area contributed by atoms with Gasteiger partial charge in [-0.15, -0.1) is 0 Å². The van der Waals surface area contributed by atoms with Gasteiger partial charge in [0.1, 0.15) is 0 Å². The highest BCUT2D eigenvalue weighted by Gasteiger charge is 2.41. The van der Waals surface area contributed by atoms with Crippen molar-refractivity contribution in [2.75, 3.05) is 19.6 Å². The fourth-order valence-corrected chi connectivity index (χ4v) is 1.64. The smallest absolute Gasteiger partial charge is 0.298 e. The van der Waals surface area contributed by atoms with E-state index in [9.17, 15) is 22.0 Å². The van der Waals surface area contributed by atoms with Crippen molar-refractivity contribution in [3.8, 4) is 0 Å². The van der Waals surface area contributed by atoms with Gasteiger partial charge in [0.25, 0.3) is 6.43 Å².